The number of carbonyl (C=O) groups excluding carboxylic acids is 2. The summed E-state index contributed by atoms with van der Waals surface area (Å²) in [5, 5.41) is 4.33. The summed E-state index contributed by atoms with van der Waals surface area (Å²) in [4.78, 5) is 28.7. The third-order valence-electron chi connectivity index (χ3n) is 5.73. The Bertz CT molecular complexity index is 950. The Balaban J connectivity index is 1.55. The number of hydrogen-bond acceptors (Lipinski definition) is 5. The SMILES string of the molecule is Cc1ccc2c(Cl)cc(Cl)c(OCC(=O)OCC(=O)NC3CCCC(C)C3C)c2n1. The molecule has 1 N–H and O–H groups in total. The van der Waals surface area contributed by atoms with E-state index in [2.05, 4.69) is 24.1 Å². The van der Waals surface area contributed by atoms with E-state index in [9.17, 15) is 9.59 Å². The van der Waals surface area contributed by atoms with Gasteiger partial charge in [-0.05, 0) is 43.4 Å². The number of hydrogen-bond donors (Lipinski definition) is 1. The fraction of sp³-hybridized carbons (Fsp3) is 0.500. The highest BCUT2D eigenvalue weighted by atomic mass is 35.5. The molecule has 1 aliphatic rings. The van der Waals surface area contributed by atoms with E-state index in [-0.39, 0.29) is 29.3 Å². The van der Waals surface area contributed by atoms with E-state index in [4.69, 9.17) is 32.7 Å². The van der Waals surface area contributed by atoms with Crippen LogP contribution in [0.1, 0.15) is 38.8 Å². The fourth-order valence-corrected chi connectivity index (χ4v) is 4.35. The third-order valence-corrected chi connectivity index (χ3v) is 6.32. The number of rotatable bonds is 6. The highest BCUT2D eigenvalue weighted by molar-refractivity contribution is 6.39. The van der Waals surface area contributed by atoms with Gasteiger partial charge in [0.15, 0.2) is 19.0 Å². The van der Waals surface area contributed by atoms with E-state index < -0.39 is 12.6 Å². The Hall–Kier alpha value is -2.05. The number of nitrogens with one attached hydrogen (secondary N) is 1. The molecular formula is C22H26Cl2N2O4. The van der Waals surface area contributed by atoms with Crippen LogP contribution in [0.3, 0.4) is 0 Å². The molecule has 0 aliphatic heterocycles. The molecule has 6 nitrogen and oxygen atoms in total. The van der Waals surface area contributed by atoms with E-state index in [0.717, 1.165) is 18.5 Å². The standard InChI is InChI=1S/C22H26Cl2N2O4/c1-12-5-4-6-18(14(12)3)26-19(27)10-29-20(28)11-30-22-17(24)9-16(23)15-8-7-13(2)25-21(15)22/h7-9,12,14,18H,4-6,10-11H2,1-3H3,(H,26,27). The molecule has 1 saturated carbocycles. The molecule has 1 aliphatic carbocycles. The second-order valence-corrected chi connectivity index (χ2v) is 8.72. The zero-order valence-electron chi connectivity index (χ0n) is 17.3. The molecule has 3 unspecified atom stereocenters. The normalized spacial score (nSPS) is 21.3. The molecule has 1 aromatic carbocycles. The lowest BCUT2D eigenvalue weighted by Crippen LogP contribution is -2.45. The predicted octanol–water partition coefficient (Wildman–Crippen LogP) is 4.71. The summed E-state index contributed by atoms with van der Waals surface area (Å²) in [6.45, 7) is 5.44. The van der Waals surface area contributed by atoms with E-state index in [1.807, 2.05) is 19.1 Å². The lowest BCUT2D eigenvalue weighted by atomic mass is 9.78. The van der Waals surface area contributed by atoms with Crippen molar-refractivity contribution in [1.29, 1.82) is 0 Å². The molecule has 1 heterocycles. The number of halogens is 2. The molecule has 0 radical (unpaired) electrons. The number of nitrogens with zero attached hydrogens (tertiary/aromatic N) is 1. The number of pyridine rings is 1. The first-order chi connectivity index (χ1) is 14.3. The van der Waals surface area contributed by atoms with Crippen LogP contribution in [-0.4, -0.2) is 36.1 Å². The van der Waals surface area contributed by atoms with E-state index in [0.29, 0.717) is 27.8 Å². The van der Waals surface area contributed by atoms with Crippen LogP contribution >= 0.6 is 23.2 Å². The van der Waals surface area contributed by atoms with Crippen molar-refractivity contribution in [2.75, 3.05) is 13.2 Å². The molecule has 30 heavy (non-hydrogen) atoms. The number of aryl methyl sites for hydroxylation is 1. The van der Waals surface area contributed by atoms with Gasteiger partial charge in [0.2, 0.25) is 0 Å². The lowest BCUT2D eigenvalue weighted by Gasteiger charge is -2.34. The minimum atomic E-state index is -0.665. The van der Waals surface area contributed by atoms with Crippen LogP contribution in [0, 0.1) is 18.8 Å². The minimum absolute atomic E-state index is 0.116. The van der Waals surface area contributed by atoms with Crippen molar-refractivity contribution in [3.8, 4) is 5.75 Å². The Morgan fingerprint density at radius 3 is 2.70 bits per heavy atom. The van der Waals surface area contributed by atoms with E-state index in [1.165, 1.54) is 6.42 Å². The maximum absolute atomic E-state index is 12.2. The first-order valence-electron chi connectivity index (χ1n) is 10.1. The second-order valence-electron chi connectivity index (χ2n) is 7.91. The van der Waals surface area contributed by atoms with Crippen molar-refractivity contribution in [2.24, 2.45) is 11.8 Å². The first kappa shape index (κ1) is 22.6. The monoisotopic (exact) mass is 452 g/mol. The van der Waals surface area contributed by atoms with Crippen LogP contribution in [0.2, 0.25) is 10.0 Å². The van der Waals surface area contributed by atoms with Crippen molar-refractivity contribution in [1.82, 2.24) is 10.3 Å². The van der Waals surface area contributed by atoms with Gasteiger partial charge in [-0.25, -0.2) is 9.78 Å². The molecule has 1 fully saturated rings. The Morgan fingerprint density at radius 1 is 1.17 bits per heavy atom. The van der Waals surface area contributed by atoms with Gasteiger partial charge in [0.05, 0.1) is 10.0 Å². The topological polar surface area (TPSA) is 77.5 Å². The number of aromatic nitrogens is 1. The molecule has 3 rings (SSSR count). The predicted molar refractivity (Wildman–Crippen MR) is 117 cm³/mol. The summed E-state index contributed by atoms with van der Waals surface area (Å²) >= 11 is 12.5. The van der Waals surface area contributed by atoms with Gasteiger partial charge < -0.3 is 14.8 Å². The van der Waals surface area contributed by atoms with Crippen LogP contribution in [0.15, 0.2) is 18.2 Å². The van der Waals surface area contributed by atoms with Gasteiger partial charge in [0.25, 0.3) is 5.91 Å². The van der Waals surface area contributed by atoms with Gasteiger partial charge >= 0.3 is 5.97 Å². The van der Waals surface area contributed by atoms with Crippen molar-refractivity contribution < 1.29 is 19.1 Å². The second kappa shape index (κ2) is 9.84. The smallest absolute Gasteiger partial charge is 0.344 e. The Kier molecular flexibility index (Phi) is 7.42. The molecule has 0 saturated heterocycles. The lowest BCUT2D eigenvalue weighted by molar-refractivity contribution is -0.150. The number of esters is 1. The van der Waals surface area contributed by atoms with Crippen LogP contribution < -0.4 is 10.1 Å². The van der Waals surface area contributed by atoms with Crippen molar-refractivity contribution >= 4 is 46.0 Å². The number of amides is 1. The summed E-state index contributed by atoms with van der Waals surface area (Å²) in [7, 11) is 0. The molecule has 162 valence electrons. The summed E-state index contributed by atoms with van der Waals surface area (Å²) in [6, 6.07) is 5.30. The first-order valence-corrected chi connectivity index (χ1v) is 10.8. The number of ether oxygens (including phenoxy) is 2. The summed E-state index contributed by atoms with van der Waals surface area (Å²) in [5.74, 6) is 0.254. The van der Waals surface area contributed by atoms with Gasteiger partial charge in [-0.3, -0.25) is 4.79 Å². The van der Waals surface area contributed by atoms with Crippen LogP contribution in [0.5, 0.6) is 5.75 Å². The quantitative estimate of drug-likeness (QED) is 0.641. The van der Waals surface area contributed by atoms with Crippen molar-refractivity contribution in [3.05, 3.63) is 33.9 Å². The Morgan fingerprint density at radius 2 is 1.93 bits per heavy atom. The van der Waals surface area contributed by atoms with Gasteiger partial charge in [0, 0.05) is 17.1 Å². The van der Waals surface area contributed by atoms with E-state index in [1.54, 1.807) is 6.07 Å². The summed E-state index contributed by atoms with van der Waals surface area (Å²) in [6.07, 6.45) is 3.21. The molecule has 0 spiro atoms. The molecule has 3 atom stereocenters. The van der Waals surface area contributed by atoms with Gasteiger partial charge in [-0.2, -0.15) is 0 Å². The summed E-state index contributed by atoms with van der Waals surface area (Å²) < 4.78 is 10.6. The highest BCUT2D eigenvalue weighted by Gasteiger charge is 2.28. The number of fused-ring (bicyclic) bond motifs is 1. The molecule has 0 bridgehead atoms. The molecule has 2 aromatic rings. The largest absolute Gasteiger partial charge is 0.478 e. The molecule has 1 aromatic heterocycles. The van der Waals surface area contributed by atoms with Gasteiger partial charge in [-0.15, -0.1) is 0 Å². The zero-order valence-corrected chi connectivity index (χ0v) is 18.8. The maximum atomic E-state index is 12.2. The summed E-state index contributed by atoms with van der Waals surface area (Å²) in [5.41, 5.74) is 1.23. The minimum Gasteiger partial charge on any atom is -0.478 e. The number of carbonyl (C=O) groups is 2. The fourth-order valence-electron chi connectivity index (χ4n) is 3.78. The average Bonchev–Trinajstić information content (AvgIpc) is 2.69. The molecule has 8 heteroatoms. The van der Waals surface area contributed by atoms with Crippen LogP contribution in [0.25, 0.3) is 10.9 Å². The maximum Gasteiger partial charge on any atom is 0.344 e. The van der Waals surface area contributed by atoms with Gasteiger partial charge in [0.1, 0.15) is 5.52 Å². The molecule has 1 amide bonds. The molecular weight excluding hydrogens is 427 g/mol. The van der Waals surface area contributed by atoms with Crippen LogP contribution in [0.4, 0.5) is 0 Å². The Labute approximate surface area is 186 Å². The average molecular weight is 453 g/mol. The zero-order chi connectivity index (χ0) is 21.8. The highest BCUT2D eigenvalue weighted by Crippen LogP contribution is 2.37. The van der Waals surface area contributed by atoms with Gasteiger partial charge in [-0.1, -0.05) is 49.9 Å². The van der Waals surface area contributed by atoms with Crippen molar-refractivity contribution in [3.63, 3.8) is 0 Å². The van der Waals surface area contributed by atoms with E-state index >= 15 is 0 Å². The van der Waals surface area contributed by atoms with Crippen molar-refractivity contribution in [2.45, 2.75) is 46.1 Å². The number of benzene rings is 1. The van der Waals surface area contributed by atoms with Crippen LogP contribution in [-0.2, 0) is 14.3 Å². The third kappa shape index (κ3) is 5.35.